The zero-order chi connectivity index (χ0) is 20.5. The fourth-order valence-electron chi connectivity index (χ4n) is 2.75. The summed E-state index contributed by atoms with van der Waals surface area (Å²) < 4.78 is 84.1. The molecule has 0 spiro atoms. The molecule has 0 saturated heterocycles. The predicted octanol–water partition coefficient (Wildman–Crippen LogP) is 5.51. The summed E-state index contributed by atoms with van der Waals surface area (Å²) in [6.45, 7) is 0. The molecule has 0 N–H and O–H groups in total. The van der Waals surface area contributed by atoms with Crippen LogP contribution >= 0.6 is 0 Å². The molecule has 28 heavy (non-hydrogen) atoms. The molecule has 0 saturated carbocycles. The molecule has 9 heteroatoms. The van der Waals surface area contributed by atoms with Gasteiger partial charge in [-0.05, 0) is 42.0 Å². The Labute approximate surface area is 156 Å². The van der Waals surface area contributed by atoms with Crippen LogP contribution < -0.4 is 4.74 Å². The highest BCUT2D eigenvalue weighted by Gasteiger charge is 2.38. The van der Waals surface area contributed by atoms with Crippen molar-refractivity contribution in [3.05, 3.63) is 77.4 Å². The van der Waals surface area contributed by atoms with Crippen LogP contribution in [0.5, 0.6) is 5.75 Å². The topological polar surface area (TPSA) is 27.1 Å². The number of hydrogen-bond acceptors (Lipinski definition) is 2. The number of imidazole rings is 1. The maximum absolute atomic E-state index is 13.4. The van der Waals surface area contributed by atoms with Crippen molar-refractivity contribution in [2.24, 2.45) is 0 Å². The number of benzene rings is 2. The molecule has 0 radical (unpaired) electrons. The summed E-state index contributed by atoms with van der Waals surface area (Å²) >= 11 is 0. The van der Waals surface area contributed by atoms with Crippen LogP contribution in [0.4, 0.5) is 26.3 Å². The van der Waals surface area contributed by atoms with E-state index in [0.29, 0.717) is 11.3 Å². The molecule has 2 aromatic carbocycles. The molecule has 0 aliphatic heterocycles. The molecular formula is C19H14F6N2O. The highest BCUT2D eigenvalue weighted by atomic mass is 19.4. The second-order valence-electron chi connectivity index (χ2n) is 5.98. The fourth-order valence-corrected chi connectivity index (χ4v) is 2.75. The first-order valence-corrected chi connectivity index (χ1v) is 8.04. The minimum absolute atomic E-state index is 0.0206. The number of nitrogens with zero attached hydrogens (tertiary/aromatic N) is 2. The van der Waals surface area contributed by atoms with Gasteiger partial charge in [-0.15, -0.1) is 0 Å². The summed E-state index contributed by atoms with van der Waals surface area (Å²) in [6, 6.07) is 10.2. The summed E-state index contributed by atoms with van der Waals surface area (Å²) in [5.74, 6) is -0.638. The summed E-state index contributed by atoms with van der Waals surface area (Å²) in [7, 11) is 1.43. The number of methoxy groups -OCH3 is 1. The largest absolute Gasteiger partial charge is 0.497 e. The zero-order valence-electron chi connectivity index (χ0n) is 14.5. The fraction of sp³-hybridized carbons (Fsp3) is 0.211. The number of hydrogen-bond donors (Lipinski definition) is 0. The van der Waals surface area contributed by atoms with Gasteiger partial charge in [0.25, 0.3) is 0 Å². The third-order valence-electron chi connectivity index (χ3n) is 4.09. The number of ether oxygens (including phenoxy) is 1. The van der Waals surface area contributed by atoms with Crippen molar-refractivity contribution in [1.82, 2.24) is 9.55 Å². The molecule has 0 fully saturated rings. The molecule has 0 amide bonds. The number of halogens is 6. The minimum atomic E-state index is -4.70. The predicted molar refractivity (Wildman–Crippen MR) is 89.4 cm³/mol. The summed E-state index contributed by atoms with van der Waals surface area (Å²) in [6.07, 6.45) is -8.12. The van der Waals surface area contributed by atoms with Crippen LogP contribution in [0.15, 0.2) is 54.7 Å². The van der Waals surface area contributed by atoms with E-state index in [1.54, 1.807) is 0 Å². The van der Waals surface area contributed by atoms with E-state index in [4.69, 9.17) is 4.74 Å². The molecule has 0 aliphatic rings. The maximum atomic E-state index is 13.4. The van der Waals surface area contributed by atoms with Gasteiger partial charge in [0, 0.05) is 24.0 Å². The van der Waals surface area contributed by atoms with Crippen LogP contribution in [0.3, 0.4) is 0 Å². The summed E-state index contributed by atoms with van der Waals surface area (Å²) in [5.41, 5.74) is 0.0112. The molecule has 0 bridgehead atoms. The molecule has 0 unspecified atom stereocenters. The lowest BCUT2D eigenvalue weighted by molar-refractivity contribution is -0.146. The van der Waals surface area contributed by atoms with Gasteiger partial charge in [-0.2, -0.15) is 26.3 Å². The number of alkyl halides is 6. The first-order chi connectivity index (χ1) is 13.1. The van der Waals surface area contributed by atoms with Gasteiger partial charge in [-0.3, -0.25) is 4.57 Å². The van der Waals surface area contributed by atoms with Gasteiger partial charge in [-0.1, -0.05) is 12.1 Å². The number of rotatable bonds is 4. The normalized spacial score (nSPS) is 12.2. The van der Waals surface area contributed by atoms with Crippen molar-refractivity contribution < 1.29 is 31.1 Å². The van der Waals surface area contributed by atoms with E-state index < -0.39 is 23.7 Å². The molecule has 0 aliphatic carbocycles. The highest BCUT2D eigenvalue weighted by Crippen LogP contribution is 2.33. The maximum Gasteiger partial charge on any atom is 0.450 e. The van der Waals surface area contributed by atoms with Crippen LogP contribution in [0.1, 0.15) is 22.6 Å². The molecule has 3 nitrogen and oxygen atoms in total. The Morgan fingerprint density at radius 2 is 1.46 bits per heavy atom. The van der Waals surface area contributed by atoms with Crippen LogP contribution in [0.25, 0.3) is 5.69 Å². The summed E-state index contributed by atoms with van der Waals surface area (Å²) in [5, 5.41) is 0. The van der Waals surface area contributed by atoms with Crippen molar-refractivity contribution in [2.45, 2.75) is 18.8 Å². The van der Waals surface area contributed by atoms with Crippen molar-refractivity contribution in [3.8, 4) is 11.4 Å². The molecule has 3 rings (SSSR count). The van der Waals surface area contributed by atoms with E-state index in [-0.39, 0.29) is 17.8 Å². The van der Waals surface area contributed by atoms with Gasteiger partial charge in [0.05, 0.1) is 12.7 Å². The Balaban J connectivity index is 2.00. The van der Waals surface area contributed by atoms with E-state index in [1.807, 2.05) is 0 Å². The van der Waals surface area contributed by atoms with Crippen molar-refractivity contribution in [1.29, 1.82) is 0 Å². The van der Waals surface area contributed by atoms with E-state index in [9.17, 15) is 26.3 Å². The lowest BCUT2D eigenvalue weighted by atomic mass is 10.1. The standard InChI is InChI=1S/C19H14F6N2O/c1-28-16-8-6-14(7-9-16)27-15(11-26-17(27)19(23,24)25)10-12-2-4-13(5-3-12)18(20,21)22/h2-9,11H,10H2,1H3. The van der Waals surface area contributed by atoms with Gasteiger partial charge >= 0.3 is 12.4 Å². The Morgan fingerprint density at radius 3 is 1.96 bits per heavy atom. The molecule has 3 aromatic rings. The Morgan fingerprint density at radius 1 is 0.857 bits per heavy atom. The van der Waals surface area contributed by atoms with Gasteiger partial charge in [0.15, 0.2) is 0 Å². The Kier molecular flexibility index (Phi) is 5.10. The monoisotopic (exact) mass is 400 g/mol. The lowest BCUT2D eigenvalue weighted by Gasteiger charge is -2.15. The van der Waals surface area contributed by atoms with Gasteiger partial charge in [-0.25, -0.2) is 4.98 Å². The average molecular weight is 400 g/mol. The Hall–Kier alpha value is -2.97. The van der Waals surface area contributed by atoms with Gasteiger partial charge in [0.1, 0.15) is 5.75 Å². The minimum Gasteiger partial charge on any atom is -0.497 e. The molecule has 148 valence electrons. The van der Waals surface area contributed by atoms with Crippen molar-refractivity contribution in [2.75, 3.05) is 7.11 Å². The zero-order valence-corrected chi connectivity index (χ0v) is 14.5. The van der Waals surface area contributed by atoms with E-state index >= 15 is 0 Å². The summed E-state index contributed by atoms with van der Waals surface area (Å²) in [4.78, 5) is 3.49. The molecule has 1 aromatic heterocycles. The van der Waals surface area contributed by atoms with Crippen molar-refractivity contribution in [3.63, 3.8) is 0 Å². The first-order valence-electron chi connectivity index (χ1n) is 8.04. The quantitative estimate of drug-likeness (QED) is 0.540. The third kappa shape index (κ3) is 4.13. The van der Waals surface area contributed by atoms with E-state index in [0.717, 1.165) is 22.9 Å². The highest BCUT2D eigenvalue weighted by molar-refractivity contribution is 5.41. The second-order valence-corrected chi connectivity index (χ2v) is 5.98. The van der Waals surface area contributed by atoms with Crippen LogP contribution in [-0.2, 0) is 18.8 Å². The first kappa shape index (κ1) is 19.8. The van der Waals surface area contributed by atoms with Crippen LogP contribution in [0, 0.1) is 0 Å². The molecular weight excluding hydrogens is 386 g/mol. The van der Waals surface area contributed by atoms with Crippen LogP contribution in [-0.4, -0.2) is 16.7 Å². The van der Waals surface area contributed by atoms with Gasteiger partial charge in [0.2, 0.25) is 5.82 Å². The van der Waals surface area contributed by atoms with E-state index in [2.05, 4.69) is 4.98 Å². The number of aromatic nitrogens is 2. The second kappa shape index (κ2) is 7.21. The average Bonchev–Trinajstić information content (AvgIpc) is 3.05. The van der Waals surface area contributed by atoms with Gasteiger partial charge < -0.3 is 4.74 Å². The Bertz CT molecular complexity index is 941. The molecule has 0 atom stereocenters. The van der Waals surface area contributed by atoms with Crippen LogP contribution in [0.2, 0.25) is 0 Å². The SMILES string of the molecule is COc1ccc(-n2c(Cc3ccc(C(F)(F)F)cc3)cnc2C(F)(F)F)cc1. The smallest absolute Gasteiger partial charge is 0.450 e. The molecule has 1 heterocycles. The third-order valence-corrected chi connectivity index (χ3v) is 4.09. The lowest BCUT2D eigenvalue weighted by Crippen LogP contribution is -2.15. The van der Waals surface area contributed by atoms with E-state index in [1.165, 1.54) is 43.5 Å². The van der Waals surface area contributed by atoms with Crippen molar-refractivity contribution >= 4 is 0 Å².